The van der Waals surface area contributed by atoms with Crippen LogP contribution in [0.3, 0.4) is 0 Å². The van der Waals surface area contributed by atoms with Gasteiger partial charge in [-0.1, -0.05) is 41.9 Å². The molecule has 4 aliphatic heterocycles. The van der Waals surface area contributed by atoms with E-state index in [4.69, 9.17) is 22.9 Å². The Bertz CT molecular complexity index is 2040. The SMILES string of the molecule is [C-]#[N+]c1ccc(OC2CCN(C(=O)c3ccc(C4CN(CC5CCN(c6cccc7c6C(=O)C(C6CCC(=O)NC6=O)C7=O)CC5)C4)cc3)CC2)cc1Cl. The van der Waals surface area contributed by atoms with Crippen molar-refractivity contribution in [1.29, 1.82) is 0 Å². The number of hydrogen-bond donors (Lipinski definition) is 1. The lowest BCUT2D eigenvalue weighted by Gasteiger charge is -2.43. The second kappa shape index (κ2) is 15.0. The summed E-state index contributed by atoms with van der Waals surface area (Å²) in [5.74, 6) is -1.73. The number of fused-ring (bicyclic) bond motifs is 1. The third-order valence-corrected chi connectivity index (χ3v) is 12.2. The predicted molar refractivity (Wildman–Crippen MR) is 202 cm³/mol. The molecular weight excluding hydrogens is 706 g/mol. The second-order valence-electron chi connectivity index (χ2n) is 15.3. The highest BCUT2D eigenvalue weighted by atomic mass is 35.5. The van der Waals surface area contributed by atoms with E-state index in [1.807, 2.05) is 29.2 Å². The molecule has 0 aromatic heterocycles. The molecule has 12 heteroatoms. The summed E-state index contributed by atoms with van der Waals surface area (Å²) < 4.78 is 6.09. The number of halogens is 1. The monoisotopic (exact) mass is 747 g/mol. The first kappa shape index (κ1) is 36.0. The Hall–Kier alpha value is -5.05. The Balaban J connectivity index is 0.786. The molecule has 5 aliphatic rings. The zero-order chi connectivity index (χ0) is 37.5. The molecule has 8 rings (SSSR count). The number of anilines is 1. The van der Waals surface area contributed by atoms with E-state index < -0.39 is 17.7 Å². The lowest BCUT2D eigenvalue weighted by atomic mass is 9.82. The largest absolute Gasteiger partial charge is 0.490 e. The first-order chi connectivity index (χ1) is 26.2. The maximum atomic E-state index is 13.7. The van der Waals surface area contributed by atoms with E-state index in [-0.39, 0.29) is 42.3 Å². The van der Waals surface area contributed by atoms with Crippen LogP contribution in [0.5, 0.6) is 5.75 Å². The number of rotatable bonds is 8. The Morgan fingerprint density at radius 2 is 1.63 bits per heavy atom. The number of carbonyl (C=O) groups excluding carboxylic acids is 5. The van der Waals surface area contributed by atoms with Crippen molar-refractivity contribution in [1.82, 2.24) is 15.1 Å². The minimum atomic E-state index is -1.06. The van der Waals surface area contributed by atoms with E-state index in [2.05, 4.69) is 32.1 Å². The Morgan fingerprint density at radius 1 is 0.889 bits per heavy atom. The fourth-order valence-electron chi connectivity index (χ4n) is 8.86. The van der Waals surface area contributed by atoms with Crippen molar-refractivity contribution in [3.8, 4) is 5.75 Å². The van der Waals surface area contributed by atoms with E-state index in [1.165, 1.54) is 5.56 Å². The molecule has 4 fully saturated rings. The zero-order valence-electron chi connectivity index (χ0n) is 30.0. The molecule has 278 valence electrons. The standard InChI is InChI=1S/C42H42ClN5O6/c1-44-34-11-9-30(21-33(34)43)54-29-15-19-48(20-16-29)42(53)27-7-5-26(6-8-27)28-23-46(24-28)22-25-13-17-47(18-14-25)35-4-2-3-31-37(35)40(51)38(39(31)50)32-10-12-36(49)45-41(32)52/h2-9,11,21,25,28-29,32,38H,10,12-20,22-24H2,(H,45,49,52). The summed E-state index contributed by atoms with van der Waals surface area (Å²) in [5, 5.41) is 2.68. The van der Waals surface area contributed by atoms with Crippen LogP contribution in [0, 0.1) is 24.3 Å². The van der Waals surface area contributed by atoms with Gasteiger partial charge in [0.2, 0.25) is 17.5 Å². The first-order valence-corrected chi connectivity index (χ1v) is 19.3. The highest BCUT2D eigenvalue weighted by Gasteiger charge is 2.49. The molecule has 0 radical (unpaired) electrons. The van der Waals surface area contributed by atoms with Gasteiger partial charge in [-0.25, -0.2) is 4.85 Å². The van der Waals surface area contributed by atoms with Gasteiger partial charge in [0, 0.05) is 87.8 Å². The molecule has 0 saturated carbocycles. The van der Waals surface area contributed by atoms with E-state index in [1.54, 1.807) is 24.3 Å². The van der Waals surface area contributed by atoms with E-state index >= 15 is 0 Å². The van der Waals surface area contributed by atoms with Crippen LogP contribution in [-0.2, 0) is 9.59 Å². The average Bonchev–Trinajstić information content (AvgIpc) is 3.42. The van der Waals surface area contributed by atoms with Crippen molar-refractivity contribution in [3.05, 3.63) is 99.4 Å². The smallest absolute Gasteiger partial charge is 0.253 e. The van der Waals surface area contributed by atoms with Crippen LogP contribution in [-0.4, -0.2) is 91.0 Å². The van der Waals surface area contributed by atoms with Gasteiger partial charge in [-0.15, -0.1) is 0 Å². The van der Waals surface area contributed by atoms with Crippen LogP contribution < -0.4 is 15.0 Å². The van der Waals surface area contributed by atoms with Crippen LogP contribution in [0.4, 0.5) is 11.4 Å². The summed E-state index contributed by atoms with van der Waals surface area (Å²) in [7, 11) is 0. The number of piperidine rings is 3. The zero-order valence-corrected chi connectivity index (χ0v) is 30.7. The van der Waals surface area contributed by atoms with Crippen molar-refractivity contribution in [3.63, 3.8) is 0 Å². The van der Waals surface area contributed by atoms with Gasteiger partial charge in [0.1, 0.15) is 11.9 Å². The van der Waals surface area contributed by atoms with Crippen molar-refractivity contribution >= 4 is 52.3 Å². The van der Waals surface area contributed by atoms with Gasteiger partial charge < -0.3 is 19.4 Å². The van der Waals surface area contributed by atoms with Gasteiger partial charge in [0.05, 0.1) is 29.0 Å². The Morgan fingerprint density at radius 3 is 2.31 bits per heavy atom. The average molecular weight is 748 g/mol. The minimum Gasteiger partial charge on any atom is -0.490 e. The molecule has 54 heavy (non-hydrogen) atoms. The molecule has 11 nitrogen and oxygen atoms in total. The van der Waals surface area contributed by atoms with Crippen molar-refractivity contribution < 1.29 is 28.7 Å². The summed E-state index contributed by atoms with van der Waals surface area (Å²) in [6, 6.07) is 18.6. The fourth-order valence-corrected chi connectivity index (χ4v) is 9.07. The van der Waals surface area contributed by atoms with Crippen LogP contribution in [0.2, 0.25) is 5.02 Å². The van der Waals surface area contributed by atoms with Crippen molar-refractivity contribution in [2.45, 2.75) is 50.5 Å². The fraction of sp³-hybridized carbons (Fsp3) is 0.429. The lowest BCUT2D eigenvalue weighted by Crippen LogP contribution is -2.48. The van der Waals surface area contributed by atoms with Gasteiger partial charge in [-0.3, -0.25) is 29.3 Å². The number of amides is 3. The number of imide groups is 1. The normalized spacial score (nSPS) is 22.8. The van der Waals surface area contributed by atoms with Crippen LogP contribution in [0.15, 0.2) is 60.7 Å². The van der Waals surface area contributed by atoms with Gasteiger partial charge in [0.15, 0.2) is 11.6 Å². The number of Topliss-reactive ketones (excluding diaryl/α,β-unsaturated/α-hetero) is 2. The number of nitrogens with zero attached hydrogens (tertiary/aromatic N) is 4. The quantitative estimate of drug-likeness (QED) is 0.171. The van der Waals surface area contributed by atoms with E-state index in [9.17, 15) is 24.0 Å². The van der Waals surface area contributed by atoms with E-state index in [0.29, 0.717) is 58.1 Å². The molecule has 0 bridgehead atoms. The molecular formula is C42H42ClN5O6. The second-order valence-corrected chi connectivity index (χ2v) is 15.7. The third-order valence-electron chi connectivity index (χ3n) is 11.9. The van der Waals surface area contributed by atoms with Crippen LogP contribution in [0.25, 0.3) is 4.85 Å². The number of likely N-dealkylation sites (tertiary alicyclic amines) is 2. The summed E-state index contributed by atoms with van der Waals surface area (Å²) >= 11 is 6.16. The van der Waals surface area contributed by atoms with Crippen molar-refractivity contribution in [2.24, 2.45) is 17.8 Å². The molecule has 3 amide bonds. The molecule has 2 unspecified atom stereocenters. The summed E-state index contributed by atoms with van der Waals surface area (Å²) in [4.78, 5) is 74.5. The molecule has 1 aliphatic carbocycles. The summed E-state index contributed by atoms with van der Waals surface area (Å²) in [5.41, 5.74) is 3.94. The highest BCUT2D eigenvalue weighted by Crippen LogP contribution is 2.41. The maximum Gasteiger partial charge on any atom is 0.253 e. The third kappa shape index (κ3) is 7.01. The Kier molecular flexibility index (Phi) is 9.99. The number of ketones is 2. The summed E-state index contributed by atoms with van der Waals surface area (Å²) in [6.45, 7) is 12.9. The van der Waals surface area contributed by atoms with Gasteiger partial charge >= 0.3 is 0 Å². The number of ether oxygens (including phenoxy) is 1. The van der Waals surface area contributed by atoms with Crippen LogP contribution in [0.1, 0.15) is 81.1 Å². The van der Waals surface area contributed by atoms with E-state index in [0.717, 1.165) is 64.1 Å². The van der Waals surface area contributed by atoms with Gasteiger partial charge in [-0.05, 0) is 61.1 Å². The summed E-state index contributed by atoms with van der Waals surface area (Å²) in [6.07, 6.45) is 3.75. The molecule has 3 aromatic rings. The van der Waals surface area contributed by atoms with Gasteiger partial charge in [-0.2, -0.15) is 0 Å². The van der Waals surface area contributed by atoms with Crippen LogP contribution >= 0.6 is 11.6 Å². The number of carbonyl (C=O) groups is 5. The number of nitrogens with one attached hydrogen (secondary N) is 1. The molecule has 3 aromatic carbocycles. The Labute approximate surface area is 319 Å². The predicted octanol–water partition coefficient (Wildman–Crippen LogP) is 5.94. The van der Waals surface area contributed by atoms with Crippen molar-refractivity contribution in [2.75, 3.05) is 50.7 Å². The lowest BCUT2D eigenvalue weighted by molar-refractivity contribution is -0.137. The number of benzene rings is 3. The number of hydrogen-bond acceptors (Lipinski definition) is 8. The van der Waals surface area contributed by atoms with Gasteiger partial charge in [0.25, 0.3) is 5.91 Å². The molecule has 4 heterocycles. The first-order valence-electron chi connectivity index (χ1n) is 18.9. The molecule has 0 spiro atoms. The highest BCUT2D eigenvalue weighted by molar-refractivity contribution is 6.33. The molecule has 1 N–H and O–H groups in total. The minimum absolute atomic E-state index is 0.0101. The molecule has 2 atom stereocenters. The maximum absolute atomic E-state index is 13.7. The molecule has 4 saturated heterocycles. The topological polar surface area (TPSA) is 121 Å².